The lowest BCUT2D eigenvalue weighted by Crippen LogP contribution is -2.23. The molecule has 0 aliphatic heterocycles. The van der Waals surface area contributed by atoms with Crippen LogP contribution in [0.1, 0.15) is 39.2 Å². The van der Waals surface area contributed by atoms with Crippen molar-refractivity contribution < 1.29 is 4.39 Å². The SMILES string of the molecule is Cc1cc(Br)c(F)cc1NC1CC(C)(C)CC1C. The van der Waals surface area contributed by atoms with E-state index in [1.54, 1.807) is 6.07 Å². The van der Waals surface area contributed by atoms with Gasteiger partial charge < -0.3 is 5.32 Å². The molecule has 1 N–H and O–H groups in total. The second kappa shape index (κ2) is 4.84. The van der Waals surface area contributed by atoms with Gasteiger partial charge in [0.2, 0.25) is 0 Å². The number of anilines is 1. The quantitative estimate of drug-likeness (QED) is 0.797. The molecule has 0 heterocycles. The summed E-state index contributed by atoms with van der Waals surface area (Å²) in [5.41, 5.74) is 2.39. The molecule has 2 rings (SSSR count). The highest BCUT2D eigenvalue weighted by Crippen LogP contribution is 2.42. The van der Waals surface area contributed by atoms with Gasteiger partial charge in [0.05, 0.1) is 4.47 Å². The molecule has 0 spiro atoms. The Morgan fingerprint density at radius 2 is 2.00 bits per heavy atom. The van der Waals surface area contributed by atoms with Gasteiger partial charge in [-0.15, -0.1) is 0 Å². The minimum Gasteiger partial charge on any atom is -0.382 e. The Hall–Kier alpha value is -0.570. The first-order valence-electron chi connectivity index (χ1n) is 6.51. The van der Waals surface area contributed by atoms with Gasteiger partial charge in [0.1, 0.15) is 5.82 Å². The van der Waals surface area contributed by atoms with Gasteiger partial charge in [-0.3, -0.25) is 0 Å². The average Bonchev–Trinajstić information content (AvgIpc) is 2.48. The maximum absolute atomic E-state index is 13.6. The van der Waals surface area contributed by atoms with Crippen molar-refractivity contribution in [2.24, 2.45) is 11.3 Å². The average molecular weight is 314 g/mol. The van der Waals surface area contributed by atoms with Crippen LogP contribution in [-0.4, -0.2) is 6.04 Å². The van der Waals surface area contributed by atoms with Crippen molar-refractivity contribution in [3.8, 4) is 0 Å². The standard InChI is InChI=1S/C15H21BrFN/c1-9-5-11(16)12(17)6-13(9)18-14-8-15(3,4)7-10(14)2/h5-6,10,14,18H,7-8H2,1-4H3. The van der Waals surface area contributed by atoms with Crippen LogP contribution in [0.5, 0.6) is 0 Å². The van der Waals surface area contributed by atoms with Crippen molar-refractivity contribution in [3.05, 3.63) is 28.0 Å². The first-order chi connectivity index (χ1) is 8.28. The lowest BCUT2D eigenvalue weighted by atomic mass is 9.91. The maximum atomic E-state index is 13.6. The summed E-state index contributed by atoms with van der Waals surface area (Å²) in [5.74, 6) is 0.430. The molecule has 0 amide bonds. The van der Waals surface area contributed by atoms with Crippen molar-refractivity contribution in [2.45, 2.75) is 46.6 Å². The molecular formula is C15H21BrFN. The van der Waals surface area contributed by atoms with Crippen LogP contribution in [0, 0.1) is 24.1 Å². The molecule has 100 valence electrons. The third kappa shape index (κ3) is 2.87. The van der Waals surface area contributed by atoms with Crippen molar-refractivity contribution in [1.29, 1.82) is 0 Å². The second-order valence-electron chi connectivity index (χ2n) is 6.38. The monoisotopic (exact) mass is 313 g/mol. The predicted octanol–water partition coefficient (Wildman–Crippen LogP) is 5.13. The van der Waals surface area contributed by atoms with Crippen LogP contribution in [0.4, 0.5) is 10.1 Å². The van der Waals surface area contributed by atoms with E-state index < -0.39 is 0 Å². The van der Waals surface area contributed by atoms with Crippen LogP contribution in [0.25, 0.3) is 0 Å². The molecule has 2 atom stereocenters. The fourth-order valence-electron chi connectivity index (χ4n) is 3.09. The fourth-order valence-corrected chi connectivity index (χ4v) is 3.55. The molecule has 1 saturated carbocycles. The number of nitrogens with one attached hydrogen (secondary N) is 1. The van der Waals surface area contributed by atoms with Crippen LogP contribution < -0.4 is 5.32 Å². The third-order valence-corrected chi connectivity index (χ3v) is 4.55. The first kappa shape index (κ1) is 13.9. The largest absolute Gasteiger partial charge is 0.382 e. The second-order valence-corrected chi connectivity index (χ2v) is 7.24. The maximum Gasteiger partial charge on any atom is 0.139 e. The van der Waals surface area contributed by atoms with Gasteiger partial charge in [0, 0.05) is 11.7 Å². The van der Waals surface area contributed by atoms with Crippen LogP contribution in [-0.2, 0) is 0 Å². The summed E-state index contributed by atoms with van der Waals surface area (Å²) in [6.45, 7) is 8.90. The van der Waals surface area contributed by atoms with E-state index in [1.807, 2.05) is 13.0 Å². The van der Waals surface area contributed by atoms with Crippen LogP contribution >= 0.6 is 15.9 Å². The van der Waals surface area contributed by atoms with E-state index in [1.165, 1.54) is 6.42 Å². The smallest absolute Gasteiger partial charge is 0.139 e. The zero-order valence-corrected chi connectivity index (χ0v) is 13.1. The topological polar surface area (TPSA) is 12.0 Å². The van der Waals surface area contributed by atoms with E-state index in [0.717, 1.165) is 17.7 Å². The Morgan fingerprint density at radius 1 is 1.33 bits per heavy atom. The molecule has 1 aliphatic carbocycles. The van der Waals surface area contributed by atoms with Gasteiger partial charge in [-0.2, -0.15) is 0 Å². The van der Waals surface area contributed by atoms with Crippen LogP contribution in [0.2, 0.25) is 0 Å². The summed E-state index contributed by atoms with van der Waals surface area (Å²) in [6, 6.07) is 3.87. The molecule has 2 unspecified atom stereocenters. The highest BCUT2D eigenvalue weighted by molar-refractivity contribution is 9.10. The van der Waals surface area contributed by atoms with E-state index in [9.17, 15) is 4.39 Å². The minimum atomic E-state index is -0.201. The van der Waals surface area contributed by atoms with E-state index >= 15 is 0 Å². The molecule has 1 aromatic carbocycles. The Kier molecular flexibility index (Phi) is 3.72. The fraction of sp³-hybridized carbons (Fsp3) is 0.600. The minimum absolute atomic E-state index is 0.201. The summed E-state index contributed by atoms with van der Waals surface area (Å²) in [4.78, 5) is 0. The van der Waals surface area contributed by atoms with Gasteiger partial charge >= 0.3 is 0 Å². The molecule has 0 aromatic heterocycles. The lowest BCUT2D eigenvalue weighted by Gasteiger charge is -2.21. The molecule has 18 heavy (non-hydrogen) atoms. The van der Waals surface area contributed by atoms with Crippen molar-refractivity contribution in [3.63, 3.8) is 0 Å². The summed E-state index contributed by atoms with van der Waals surface area (Å²) in [7, 11) is 0. The van der Waals surface area contributed by atoms with Gasteiger partial charge in [-0.05, 0) is 64.7 Å². The van der Waals surface area contributed by atoms with E-state index in [0.29, 0.717) is 21.8 Å². The molecule has 1 aliphatic rings. The van der Waals surface area contributed by atoms with Crippen LogP contribution in [0.3, 0.4) is 0 Å². The lowest BCUT2D eigenvalue weighted by molar-refractivity contribution is 0.366. The highest BCUT2D eigenvalue weighted by atomic mass is 79.9. The zero-order valence-electron chi connectivity index (χ0n) is 11.5. The van der Waals surface area contributed by atoms with E-state index in [2.05, 4.69) is 42.0 Å². The van der Waals surface area contributed by atoms with E-state index in [-0.39, 0.29) is 5.82 Å². The molecule has 1 aromatic rings. The van der Waals surface area contributed by atoms with Gasteiger partial charge in [-0.1, -0.05) is 20.8 Å². The van der Waals surface area contributed by atoms with Crippen LogP contribution in [0.15, 0.2) is 16.6 Å². The summed E-state index contributed by atoms with van der Waals surface area (Å²) < 4.78 is 14.1. The van der Waals surface area contributed by atoms with E-state index in [4.69, 9.17) is 0 Å². The third-order valence-electron chi connectivity index (χ3n) is 3.94. The summed E-state index contributed by atoms with van der Waals surface area (Å²) >= 11 is 3.22. The first-order valence-corrected chi connectivity index (χ1v) is 7.30. The number of hydrogen-bond donors (Lipinski definition) is 1. The highest BCUT2D eigenvalue weighted by Gasteiger charge is 2.36. The Balaban J connectivity index is 2.18. The summed E-state index contributed by atoms with van der Waals surface area (Å²) in [6.07, 6.45) is 2.37. The molecule has 3 heteroatoms. The zero-order chi connectivity index (χ0) is 13.5. The molecule has 1 fully saturated rings. The van der Waals surface area contributed by atoms with Gasteiger partial charge in [0.15, 0.2) is 0 Å². The van der Waals surface area contributed by atoms with Crippen molar-refractivity contribution >= 4 is 21.6 Å². The number of halogens is 2. The molecule has 0 radical (unpaired) electrons. The van der Waals surface area contributed by atoms with Crippen molar-refractivity contribution in [2.75, 3.05) is 5.32 Å². The van der Waals surface area contributed by atoms with Gasteiger partial charge in [-0.25, -0.2) is 4.39 Å². The summed E-state index contributed by atoms with van der Waals surface area (Å²) in [5, 5.41) is 3.52. The number of benzene rings is 1. The van der Waals surface area contributed by atoms with Crippen molar-refractivity contribution in [1.82, 2.24) is 0 Å². The number of rotatable bonds is 2. The van der Waals surface area contributed by atoms with Gasteiger partial charge in [0.25, 0.3) is 0 Å². The molecule has 1 nitrogen and oxygen atoms in total. The predicted molar refractivity (Wildman–Crippen MR) is 78.4 cm³/mol. The Morgan fingerprint density at radius 3 is 2.56 bits per heavy atom. The Bertz CT molecular complexity index is 456. The number of aryl methyl sites for hydroxylation is 1. The number of hydrogen-bond acceptors (Lipinski definition) is 1. The molecular weight excluding hydrogens is 293 g/mol. The molecule has 0 bridgehead atoms. The normalized spacial score (nSPS) is 26.3. The molecule has 0 saturated heterocycles. The Labute approximate surface area is 117 Å².